The highest BCUT2D eigenvalue weighted by Gasteiger charge is 2.11. The van der Waals surface area contributed by atoms with E-state index < -0.39 is 17.5 Å². The molecule has 98 valence electrons. The number of primary amides is 1. The minimum Gasteiger partial charge on any atom is -0.397 e. The summed E-state index contributed by atoms with van der Waals surface area (Å²) in [5, 5.41) is 2.52. The van der Waals surface area contributed by atoms with Crippen LogP contribution < -0.4 is 16.8 Å². The molecular weight excluding hydrogens is 252 g/mol. The highest BCUT2D eigenvalue weighted by Crippen LogP contribution is 2.27. The number of benzene rings is 2. The zero-order valence-corrected chi connectivity index (χ0v) is 9.78. The third kappa shape index (κ3) is 2.62. The summed E-state index contributed by atoms with van der Waals surface area (Å²) in [6.07, 6.45) is 0. The van der Waals surface area contributed by atoms with E-state index in [1.165, 1.54) is 24.3 Å². The number of anilines is 3. The van der Waals surface area contributed by atoms with E-state index in [1.54, 1.807) is 0 Å². The van der Waals surface area contributed by atoms with Gasteiger partial charge < -0.3 is 16.8 Å². The topological polar surface area (TPSA) is 81.1 Å². The zero-order valence-electron chi connectivity index (χ0n) is 9.78. The van der Waals surface area contributed by atoms with Crippen LogP contribution >= 0.6 is 0 Å². The Morgan fingerprint density at radius 3 is 2.32 bits per heavy atom. The molecule has 0 unspecified atom stereocenters. The third-order valence-electron chi connectivity index (χ3n) is 2.56. The van der Waals surface area contributed by atoms with Gasteiger partial charge in [0.2, 0.25) is 5.91 Å². The fourth-order valence-electron chi connectivity index (χ4n) is 1.57. The lowest BCUT2D eigenvalue weighted by molar-refractivity contribution is 0.100. The first kappa shape index (κ1) is 12.8. The molecule has 0 radical (unpaired) electrons. The number of nitrogens with one attached hydrogen (secondary N) is 1. The number of nitrogen functional groups attached to an aromatic ring is 1. The maximum atomic E-state index is 13.5. The van der Waals surface area contributed by atoms with Gasteiger partial charge in [-0.3, -0.25) is 4.79 Å². The first-order chi connectivity index (χ1) is 8.99. The smallest absolute Gasteiger partial charge is 0.248 e. The van der Waals surface area contributed by atoms with Crippen molar-refractivity contribution in [3.8, 4) is 0 Å². The number of nitrogens with two attached hydrogens (primary N) is 2. The molecule has 0 aliphatic carbocycles. The van der Waals surface area contributed by atoms with Crippen molar-refractivity contribution < 1.29 is 13.6 Å². The predicted molar refractivity (Wildman–Crippen MR) is 69.0 cm³/mol. The zero-order chi connectivity index (χ0) is 14.0. The van der Waals surface area contributed by atoms with Gasteiger partial charge in [-0.1, -0.05) is 6.07 Å². The van der Waals surface area contributed by atoms with Crippen molar-refractivity contribution in [2.75, 3.05) is 11.1 Å². The van der Waals surface area contributed by atoms with Gasteiger partial charge in [0.1, 0.15) is 17.3 Å². The molecule has 0 saturated heterocycles. The number of halogens is 2. The second-order valence-corrected chi connectivity index (χ2v) is 3.89. The van der Waals surface area contributed by atoms with E-state index in [2.05, 4.69) is 5.32 Å². The van der Waals surface area contributed by atoms with Crippen LogP contribution in [0.4, 0.5) is 25.8 Å². The van der Waals surface area contributed by atoms with E-state index in [-0.39, 0.29) is 22.6 Å². The summed E-state index contributed by atoms with van der Waals surface area (Å²) in [4.78, 5) is 11.1. The molecule has 0 spiro atoms. The summed E-state index contributed by atoms with van der Waals surface area (Å²) in [7, 11) is 0. The molecule has 0 aliphatic heterocycles. The van der Waals surface area contributed by atoms with Crippen LogP contribution in [0, 0.1) is 11.6 Å². The number of rotatable bonds is 3. The fourth-order valence-corrected chi connectivity index (χ4v) is 1.57. The molecule has 0 atom stereocenters. The first-order valence-electron chi connectivity index (χ1n) is 5.39. The minimum absolute atomic E-state index is 0.188. The van der Waals surface area contributed by atoms with E-state index in [9.17, 15) is 13.6 Å². The lowest BCUT2D eigenvalue weighted by atomic mass is 10.1. The van der Waals surface area contributed by atoms with Gasteiger partial charge >= 0.3 is 0 Å². The van der Waals surface area contributed by atoms with Gasteiger partial charge in [0, 0.05) is 5.56 Å². The predicted octanol–water partition coefficient (Wildman–Crippen LogP) is 2.39. The number of amides is 1. The van der Waals surface area contributed by atoms with Crippen LogP contribution in [0.15, 0.2) is 36.4 Å². The highest BCUT2D eigenvalue weighted by atomic mass is 19.1. The van der Waals surface area contributed by atoms with Gasteiger partial charge in [0.25, 0.3) is 0 Å². The second-order valence-electron chi connectivity index (χ2n) is 3.89. The Labute approximate surface area is 108 Å². The van der Waals surface area contributed by atoms with Gasteiger partial charge in [-0.15, -0.1) is 0 Å². The fraction of sp³-hybridized carbons (Fsp3) is 0. The molecule has 19 heavy (non-hydrogen) atoms. The Hall–Kier alpha value is -2.63. The molecule has 6 heteroatoms. The Balaban J connectivity index is 2.43. The third-order valence-corrected chi connectivity index (χ3v) is 2.56. The molecule has 1 amide bonds. The summed E-state index contributed by atoms with van der Waals surface area (Å²) >= 11 is 0. The van der Waals surface area contributed by atoms with E-state index in [1.807, 2.05) is 0 Å². The highest BCUT2D eigenvalue weighted by molar-refractivity contribution is 5.95. The van der Waals surface area contributed by atoms with E-state index in [0.717, 1.165) is 12.1 Å². The van der Waals surface area contributed by atoms with Crippen LogP contribution in [0.3, 0.4) is 0 Å². The average Bonchev–Trinajstić information content (AvgIpc) is 2.35. The maximum Gasteiger partial charge on any atom is 0.248 e. The van der Waals surface area contributed by atoms with Gasteiger partial charge in [-0.2, -0.15) is 0 Å². The number of para-hydroxylation sites is 1. The molecule has 2 aromatic carbocycles. The summed E-state index contributed by atoms with van der Waals surface area (Å²) in [6.45, 7) is 0. The first-order valence-corrected chi connectivity index (χ1v) is 5.39. The largest absolute Gasteiger partial charge is 0.397 e. The van der Waals surface area contributed by atoms with Crippen LogP contribution in [0.25, 0.3) is 0 Å². The van der Waals surface area contributed by atoms with Crippen molar-refractivity contribution in [2.45, 2.75) is 0 Å². The van der Waals surface area contributed by atoms with Crippen molar-refractivity contribution in [3.05, 3.63) is 53.6 Å². The lowest BCUT2D eigenvalue weighted by Crippen LogP contribution is -2.11. The molecule has 0 aliphatic rings. The molecule has 0 heterocycles. The SMILES string of the molecule is NC(=O)c1ccc(N)c(Nc2c(F)cccc2F)c1. The summed E-state index contributed by atoms with van der Waals surface area (Å²) in [6, 6.07) is 7.67. The summed E-state index contributed by atoms with van der Waals surface area (Å²) in [5.74, 6) is -2.18. The maximum absolute atomic E-state index is 13.5. The van der Waals surface area contributed by atoms with Crippen molar-refractivity contribution in [2.24, 2.45) is 5.73 Å². The minimum atomic E-state index is -0.760. The van der Waals surface area contributed by atoms with Gasteiger partial charge in [-0.25, -0.2) is 8.78 Å². The molecule has 0 saturated carbocycles. The number of hydrogen-bond donors (Lipinski definition) is 3. The second kappa shape index (κ2) is 4.93. The van der Waals surface area contributed by atoms with Crippen LogP contribution in [-0.4, -0.2) is 5.91 Å². The molecule has 0 fully saturated rings. The monoisotopic (exact) mass is 263 g/mol. The van der Waals surface area contributed by atoms with Crippen LogP contribution in [0.2, 0.25) is 0 Å². The number of hydrogen-bond acceptors (Lipinski definition) is 3. The van der Waals surface area contributed by atoms with E-state index >= 15 is 0 Å². The summed E-state index contributed by atoms with van der Waals surface area (Å²) in [5.41, 5.74) is 11.1. The van der Waals surface area contributed by atoms with Crippen molar-refractivity contribution in [1.29, 1.82) is 0 Å². The van der Waals surface area contributed by atoms with E-state index in [4.69, 9.17) is 11.5 Å². The molecule has 2 rings (SSSR count). The molecule has 0 aromatic heterocycles. The van der Waals surface area contributed by atoms with Crippen molar-refractivity contribution in [3.63, 3.8) is 0 Å². The van der Waals surface area contributed by atoms with Crippen molar-refractivity contribution in [1.82, 2.24) is 0 Å². The Bertz CT molecular complexity index is 624. The average molecular weight is 263 g/mol. The van der Waals surface area contributed by atoms with Crippen LogP contribution in [-0.2, 0) is 0 Å². The molecule has 4 nitrogen and oxygen atoms in total. The number of carbonyl (C=O) groups is 1. The van der Waals surface area contributed by atoms with Gasteiger partial charge in [0.05, 0.1) is 11.4 Å². The molecule has 5 N–H and O–H groups in total. The van der Waals surface area contributed by atoms with Gasteiger partial charge in [-0.05, 0) is 30.3 Å². The number of carbonyl (C=O) groups excluding carboxylic acids is 1. The standard InChI is InChI=1S/C13H11F2N3O/c14-8-2-1-3-9(15)12(8)18-11-6-7(13(17)19)4-5-10(11)16/h1-6,18H,16H2,(H2,17,19). The van der Waals surface area contributed by atoms with Crippen LogP contribution in [0.1, 0.15) is 10.4 Å². The lowest BCUT2D eigenvalue weighted by Gasteiger charge is -2.11. The molecule has 0 bridgehead atoms. The van der Waals surface area contributed by atoms with Gasteiger partial charge in [0.15, 0.2) is 0 Å². The van der Waals surface area contributed by atoms with Crippen LogP contribution in [0.5, 0.6) is 0 Å². The quantitative estimate of drug-likeness (QED) is 0.744. The molecular formula is C13H11F2N3O. The Kier molecular flexibility index (Phi) is 3.33. The van der Waals surface area contributed by atoms with E-state index in [0.29, 0.717) is 0 Å². The molecule has 2 aromatic rings. The Morgan fingerprint density at radius 2 is 1.74 bits per heavy atom. The summed E-state index contributed by atoms with van der Waals surface area (Å²) < 4.78 is 27.0. The normalized spacial score (nSPS) is 10.2. The Morgan fingerprint density at radius 1 is 1.11 bits per heavy atom. The van der Waals surface area contributed by atoms with Crippen molar-refractivity contribution >= 4 is 23.0 Å².